The van der Waals surface area contributed by atoms with Crippen molar-refractivity contribution < 1.29 is 14.3 Å². The summed E-state index contributed by atoms with van der Waals surface area (Å²) in [6.07, 6.45) is 1.60. The normalized spacial score (nSPS) is 15.9. The Morgan fingerprint density at radius 1 is 0.909 bits per heavy atom. The lowest BCUT2D eigenvalue weighted by molar-refractivity contribution is 0.0250. The summed E-state index contributed by atoms with van der Waals surface area (Å²) >= 11 is 0. The lowest BCUT2D eigenvalue weighted by Crippen LogP contribution is -2.33. The molecule has 0 spiro atoms. The van der Waals surface area contributed by atoms with E-state index in [0.29, 0.717) is 35.4 Å². The minimum atomic E-state index is -0.472. The Bertz CT molecular complexity index is 1350. The fourth-order valence-corrected chi connectivity index (χ4v) is 3.91. The molecule has 0 bridgehead atoms. The number of ether oxygens (including phenoxy) is 1. The number of carbonyl (C=O) groups excluding carboxylic acids is 2. The molecule has 7 nitrogen and oxygen atoms in total. The summed E-state index contributed by atoms with van der Waals surface area (Å²) < 4.78 is 5.76. The van der Waals surface area contributed by atoms with Gasteiger partial charge in [0.1, 0.15) is 6.10 Å². The standard InChI is InChI=1S/C26H22N4O3/c27-26(32)17-6-4-16(5-7-17)18-2-1-3-19(12-18)25(31)20-8-9-21-22(13-20)29-14-23(30-21)24-15-28-10-11-33-24/h1-9,12-14,24,28H,10-11,15H2,(H2,27,32). The number of hydrogen-bond acceptors (Lipinski definition) is 6. The lowest BCUT2D eigenvalue weighted by atomic mass is 9.97. The fourth-order valence-electron chi connectivity index (χ4n) is 3.91. The van der Waals surface area contributed by atoms with E-state index < -0.39 is 5.91 Å². The van der Waals surface area contributed by atoms with Gasteiger partial charge in [-0.15, -0.1) is 0 Å². The zero-order valence-electron chi connectivity index (χ0n) is 17.8. The maximum atomic E-state index is 13.2. The van der Waals surface area contributed by atoms with E-state index in [1.54, 1.807) is 36.5 Å². The molecule has 1 aliphatic rings. The van der Waals surface area contributed by atoms with Crippen molar-refractivity contribution in [2.75, 3.05) is 19.7 Å². The average molecular weight is 438 g/mol. The van der Waals surface area contributed by atoms with E-state index in [4.69, 9.17) is 10.5 Å². The second-order valence-electron chi connectivity index (χ2n) is 7.91. The number of primary amides is 1. The number of carbonyl (C=O) groups is 2. The number of nitrogens with two attached hydrogens (primary N) is 1. The van der Waals surface area contributed by atoms with Gasteiger partial charge in [-0.05, 0) is 47.5 Å². The van der Waals surface area contributed by atoms with Gasteiger partial charge in [0.25, 0.3) is 0 Å². The molecule has 5 rings (SSSR count). The Morgan fingerprint density at radius 3 is 2.45 bits per heavy atom. The molecule has 33 heavy (non-hydrogen) atoms. The van der Waals surface area contributed by atoms with Crippen LogP contribution in [0.15, 0.2) is 72.9 Å². The second-order valence-corrected chi connectivity index (χ2v) is 7.91. The number of nitrogens with zero attached hydrogens (tertiary/aromatic N) is 2. The number of morpholine rings is 1. The molecule has 3 aromatic carbocycles. The van der Waals surface area contributed by atoms with Crippen molar-refractivity contribution in [2.45, 2.75) is 6.10 Å². The zero-order chi connectivity index (χ0) is 22.8. The molecule has 4 aromatic rings. The van der Waals surface area contributed by atoms with Crippen molar-refractivity contribution in [3.8, 4) is 11.1 Å². The van der Waals surface area contributed by atoms with Crippen LogP contribution in [0.5, 0.6) is 0 Å². The Morgan fingerprint density at radius 2 is 1.70 bits per heavy atom. The number of rotatable bonds is 5. The van der Waals surface area contributed by atoms with E-state index in [-0.39, 0.29) is 11.9 Å². The van der Waals surface area contributed by atoms with Crippen LogP contribution in [0, 0.1) is 0 Å². The second kappa shape index (κ2) is 8.90. The number of benzene rings is 3. The van der Waals surface area contributed by atoms with Gasteiger partial charge in [-0.1, -0.05) is 30.3 Å². The third-order valence-electron chi connectivity index (χ3n) is 5.71. The van der Waals surface area contributed by atoms with Gasteiger partial charge < -0.3 is 15.8 Å². The predicted molar refractivity (Wildman–Crippen MR) is 125 cm³/mol. The smallest absolute Gasteiger partial charge is 0.248 e. The van der Waals surface area contributed by atoms with Crippen LogP contribution in [0.3, 0.4) is 0 Å². The molecule has 0 aliphatic carbocycles. The number of ketones is 1. The molecule has 2 heterocycles. The van der Waals surface area contributed by atoms with Crippen LogP contribution in [-0.2, 0) is 4.74 Å². The molecule has 0 saturated carbocycles. The Balaban J connectivity index is 1.41. The topological polar surface area (TPSA) is 107 Å². The van der Waals surface area contributed by atoms with E-state index in [9.17, 15) is 9.59 Å². The number of fused-ring (bicyclic) bond motifs is 1. The maximum Gasteiger partial charge on any atom is 0.248 e. The summed E-state index contributed by atoms with van der Waals surface area (Å²) in [6.45, 7) is 2.19. The Labute approximate surface area is 190 Å². The molecule has 1 unspecified atom stereocenters. The molecule has 1 aromatic heterocycles. The molecular formula is C26H22N4O3. The van der Waals surface area contributed by atoms with Gasteiger partial charge in [0.15, 0.2) is 5.78 Å². The maximum absolute atomic E-state index is 13.2. The predicted octanol–water partition coefficient (Wildman–Crippen LogP) is 3.29. The highest BCUT2D eigenvalue weighted by Crippen LogP contribution is 2.24. The van der Waals surface area contributed by atoms with Crippen LogP contribution in [-0.4, -0.2) is 41.4 Å². The molecule has 0 radical (unpaired) electrons. The number of aromatic nitrogens is 2. The van der Waals surface area contributed by atoms with Gasteiger partial charge >= 0.3 is 0 Å². The lowest BCUT2D eigenvalue weighted by Gasteiger charge is -2.22. The van der Waals surface area contributed by atoms with E-state index in [2.05, 4.69) is 15.3 Å². The molecule has 1 atom stereocenters. The van der Waals surface area contributed by atoms with Gasteiger partial charge in [0.2, 0.25) is 5.91 Å². The third kappa shape index (κ3) is 4.37. The SMILES string of the molecule is NC(=O)c1ccc(-c2cccc(C(=O)c3ccc4nc(C5CNCCO5)cnc4c3)c2)cc1. The van der Waals surface area contributed by atoms with E-state index >= 15 is 0 Å². The zero-order valence-corrected chi connectivity index (χ0v) is 17.8. The van der Waals surface area contributed by atoms with Gasteiger partial charge in [-0.3, -0.25) is 14.6 Å². The number of hydrogen-bond donors (Lipinski definition) is 2. The highest BCUT2D eigenvalue weighted by Gasteiger charge is 2.18. The van der Waals surface area contributed by atoms with E-state index in [1.165, 1.54) is 0 Å². The van der Waals surface area contributed by atoms with E-state index in [1.807, 2.05) is 36.4 Å². The summed E-state index contributed by atoms with van der Waals surface area (Å²) in [5.74, 6) is -0.571. The van der Waals surface area contributed by atoms with Crippen molar-refractivity contribution in [1.29, 1.82) is 0 Å². The van der Waals surface area contributed by atoms with Crippen LogP contribution in [0.1, 0.15) is 38.1 Å². The fraction of sp³-hybridized carbons (Fsp3) is 0.154. The highest BCUT2D eigenvalue weighted by atomic mass is 16.5. The Hall–Kier alpha value is -3.94. The van der Waals surface area contributed by atoms with Gasteiger partial charge in [-0.25, -0.2) is 4.98 Å². The highest BCUT2D eigenvalue weighted by molar-refractivity contribution is 6.10. The molecule has 164 valence electrons. The summed E-state index contributed by atoms with van der Waals surface area (Å²) in [7, 11) is 0. The summed E-state index contributed by atoms with van der Waals surface area (Å²) in [4.78, 5) is 33.7. The van der Waals surface area contributed by atoms with Crippen LogP contribution in [0.25, 0.3) is 22.2 Å². The minimum Gasteiger partial charge on any atom is -0.369 e. The molecular weight excluding hydrogens is 416 g/mol. The van der Waals surface area contributed by atoms with Crippen molar-refractivity contribution in [3.63, 3.8) is 0 Å². The van der Waals surface area contributed by atoms with Gasteiger partial charge in [-0.2, -0.15) is 0 Å². The first-order chi connectivity index (χ1) is 16.1. The van der Waals surface area contributed by atoms with Crippen molar-refractivity contribution in [1.82, 2.24) is 15.3 Å². The molecule has 1 amide bonds. The third-order valence-corrected chi connectivity index (χ3v) is 5.71. The first-order valence-corrected chi connectivity index (χ1v) is 10.7. The van der Waals surface area contributed by atoms with Crippen molar-refractivity contribution in [2.24, 2.45) is 5.73 Å². The molecule has 7 heteroatoms. The number of amides is 1. The summed E-state index contributed by atoms with van der Waals surface area (Å²) in [5.41, 5.74) is 10.8. The summed E-state index contributed by atoms with van der Waals surface area (Å²) in [6, 6.07) is 19.7. The van der Waals surface area contributed by atoms with Crippen LogP contribution >= 0.6 is 0 Å². The van der Waals surface area contributed by atoms with Crippen molar-refractivity contribution >= 4 is 22.7 Å². The molecule has 1 aliphatic heterocycles. The molecule has 3 N–H and O–H groups in total. The Kier molecular flexibility index (Phi) is 5.64. The van der Waals surface area contributed by atoms with Gasteiger partial charge in [0.05, 0.1) is 29.5 Å². The number of nitrogens with one attached hydrogen (secondary N) is 1. The van der Waals surface area contributed by atoms with Gasteiger partial charge in [0, 0.05) is 29.8 Å². The average Bonchev–Trinajstić information content (AvgIpc) is 2.88. The summed E-state index contributed by atoms with van der Waals surface area (Å²) in [5, 5.41) is 3.29. The molecule has 1 saturated heterocycles. The minimum absolute atomic E-state index is 0.0989. The van der Waals surface area contributed by atoms with Crippen molar-refractivity contribution in [3.05, 3.63) is 95.3 Å². The van der Waals surface area contributed by atoms with Crippen LogP contribution < -0.4 is 11.1 Å². The van der Waals surface area contributed by atoms with E-state index in [0.717, 1.165) is 28.9 Å². The first-order valence-electron chi connectivity index (χ1n) is 10.7. The van der Waals surface area contributed by atoms with Crippen LogP contribution in [0.2, 0.25) is 0 Å². The molecule has 1 fully saturated rings. The van der Waals surface area contributed by atoms with Crippen LogP contribution in [0.4, 0.5) is 0 Å². The quantitative estimate of drug-likeness (QED) is 0.463. The monoisotopic (exact) mass is 438 g/mol. The first kappa shape index (κ1) is 20.9. The largest absolute Gasteiger partial charge is 0.369 e.